The van der Waals surface area contributed by atoms with E-state index in [-0.39, 0.29) is 5.41 Å². The number of rotatable bonds is 4. The molecule has 1 nitrogen and oxygen atoms in total. The van der Waals surface area contributed by atoms with E-state index in [9.17, 15) is 0 Å². The van der Waals surface area contributed by atoms with Gasteiger partial charge in [0.15, 0.2) is 0 Å². The molecular weight excluding hydrogens is 487 g/mol. The number of hydrogen-bond acceptors (Lipinski definition) is 3. The summed E-state index contributed by atoms with van der Waals surface area (Å²) in [7, 11) is 0. The lowest BCUT2D eigenvalue weighted by Crippen LogP contribution is -2.12. The Labute approximate surface area is 227 Å². The van der Waals surface area contributed by atoms with Crippen LogP contribution in [-0.4, -0.2) is 4.98 Å². The van der Waals surface area contributed by atoms with Crippen LogP contribution in [0.15, 0.2) is 71.4 Å². The van der Waals surface area contributed by atoms with Crippen LogP contribution in [0, 0.1) is 12.8 Å². The number of hydrogen-bond donors (Lipinski definition) is 0. The van der Waals surface area contributed by atoms with E-state index in [0.29, 0.717) is 5.92 Å². The highest BCUT2D eigenvalue weighted by molar-refractivity contribution is 7.17. The van der Waals surface area contributed by atoms with Gasteiger partial charge in [-0.2, -0.15) is 0 Å². The first-order valence-electron chi connectivity index (χ1n) is 13.1. The van der Waals surface area contributed by atoms with Crippen LogP contribution >= 0.6 is 22.7 Å². The molecule has 3 aromatic heterocycles. The number of pyridine rings is 1. The topological polar surface area (TPSA) is 12.9 Å². The molecule has 3 heterocycles. The second-order valence-corrected chi connectivity index (χ2v) is 13.5. The number of benzene rings is 3. The fourth-order valence-electron chi connectivity index (χ4n) is 5.49. The molecule has 0 aliphatic rings. The van der Waals surface area contributed by atoms with Gasteiger partial charge in [-0.15, -0.1) is 22.7 Å². The van der Waals surface area contributed by atoms with Crippen LogP contribution in [-0.2, 0) is 11.8 Å². The van der Waals surface area contributed by atoms with E-state index in [1.165, 1.54) is 59.6 Å². The van der Waals surface area contributed by atoms with Crippen molar-refractivity contribution in [2.24, 2.45) is 5.92 Å². The normalized spacial score (nSPS) is 12.4. The van der Waals surface area contributed by atoms with Gasteiger partial charge in [-0.1, -0.05) is 71.0 Å². The minimum Gasteiger partial charge on any atom is -0.237 e. The van der Waals surface area contributed by atoms with Gasteiger partial charge in [-0.3, -0.25) is 0 Å². The first kappa shape index (κ1) is 24.3. The summed E-state index contributed by atoms with van der Waals surface area (Å²) in [4.78, 5) is 6.32. The van der Waals surface area contributed by atoms with E-state index in [1.54, 1.807) is 11.3 Å². The Balaban J connectivity index is 1.57. The third-order valence-corrected chi connectivity index (χ3v) is 9.27. The molecule has 0 bridgehead atoms. The van der Waals surface area contributed by atoms with Crippen LogP contribution < -0.4 is 0 Å². The van der Waals surface area contributed by atoms with Crippen molar-refractivity contribution in [3.63, 3.8) is 0 Å². The Bertz CT molecular complexity index is 1780. The van der Waals surface area contributed by atoms with Crippen molar-refractivity contribution in [2.75, 3.05) is 0 Å². The van der Waals surface area contributed by atoms with Gasteiger partial charge in [0.25, 0.3) is 0 Å². The van der Waals surface area contributed by atoms with Crippen molar-refractivity contribution in [1.82, 2.24) is 4.98 Å². The van der Waals surface area contributed by atoms with Gasteiger partial charge in [0.05, 0.1) is 5.69 Å². The third-order valence-electron chi connectivity index (χ3n) is 7.29. The molecule has 0 radical (unpaired) electrons. The molecule has 6 aromatic rings. The summed E-state index contributed by atoms with van der Waals surface area (Å²) in [6.45, 7) is 13.7. The SMILES string of the molecule is Cc1csc2nc(-c3cc(C(C)(C)C)c4ccccc4c3)cc(-c3ccc4c(CC(C)C)csc4c3)c12. The maximum absolute atomic E-state index is 5.20. The number of aromatic nitrogens is 1. The molecule has 0 spiro atoms. The average molecular weight is 520 g/mol. The summed E-state index contributed by atoms with van der Waals surface area (Å²) in [6, 6.07) is 22.8. The standard InChI is InChI=1S/C34H33NS2/c1-20(2)13-25-19-36-31-16-23(11-12-27(25)31)28-17-30(35-33-32(28)21(3)18-37-33)24-14-22-9-7-8-10-26(22)29(15-24)34(4,5)6/h7-12,14-20H,13H2,1-6H3. The van der Waals surface area contributed by atoms with Crippen molar-refractivity contribution in [2.45, 2.75) is 53.4 Å². The molecule has 0 N–H and O–H groups in total. The minimum absolute atomic E-state index is 0.0416. The monoisotopic (exact) mass is 519 g/mol. The maximum atomic E-state index is 5.20. The van der Waals surface area contributed by atoms with Gasteiger partial charge >= 0.3 is 0 Å². The van der Waals surface area contributed by atoms with Gasteiger partial charge in [-0.25, -0.2) is 4.98 Å². The average Bonchev–Trinajstić information content (AvgIpc) is 3.44. The third kappa shape index (κ3) is 4.39. The van der Waals surface area contributed by atoms with Crippen molar-refractivity contribution < 1.29 is 0 Å². The van der Waals surface area contributed by atoms with Crippen LogP contribution in [0.5, 0.6) is 0 Å². The lowest BCUT2D eigenvalue weighted by molar-refractivity contribution is 0.596. The highest BCUT2D eigenvalue weighted by atomic mass is 32.1. The lowest BCUT2D eigenvalue weighted by atomic mass is 9.82. The number of thiophene rings is 2. The van der Waals surface area contributed by atoms with Crippen molar-refractivity contribution in [1.29, 1.82) is 0 Å². The van der Waals surface area contributed by atoms with Crippen LogP contribution in [0.4, 0.5) is 0 Å². The van der Waals surface area contributed by atoms with Crippen LogP contribution in [0.1, 0.15) is 51.3 Å². The van der Waals surface area contributed by atoms with Crippen LogP contribution in [0.25, 0.3) is 53.5 Å². The smallest absolute Gasteiger partial charge is 0.124 e. The molecule has 0 aliphatic carbocycles. The van der Waals surface area contributed by atoms with Crippen LogP contribution in [0.3, 0.4) is 0 Å². The fraction of sp³-hybridized carbons (Fsp3) is 0.265. The van der Waals surface area contributed by atoms with Crippen LogP contribution in [0.2, 0.25) is 0 Å². The maximum Gasteiger partial charge on any atom is 0.124 e. The quantitative estimate of drug-likeness (QED) is 0.226. The Kier molecular flexibility index (Phi) is 5.97. The predicted octanol–water partition coefficient (Wildman–Crippen LogP) is 10.8. The second-order valence-electron chi connectivity index (χ2n) is 11.7. The molecule has 0 atom stereocenters. The number of fused-ring (bicyclic) bond motifs is 3. The Morgan fingerprint density at radius 1 is 0.838 bits per heavy atom. The molecule has 3 aromatic carbocycles. The zero-order valence-electron chi connectivity index (χ0n) is 22.5. The zero-order chi connectivity index (χ0) is 25.9. The fourth-order valence-corrected chi connectivity index (χ4v) is 7.45. The van der Waals surface area contributed by atoms with E-state index in [4.69, 9.17) is 4.98 Å². The first-order chi connectivity index (χ1) is 17.7. The van der Waals surface area contributed by atoms with Crippen molar-refractivity contribution >= 4 is 53.7 Å². The molecule has 0 unspecified atom stereocenters. The molecule has 0 amide bonds. The lowest BCUT2D eigenvalue weighted by Gasteiger charge is -2.23. The van der Waals surface area contributed by atoms with E-state index in [0.717, 1.165) is 16.9 Å². The predicted molar refractivity (Wildman–Crippen MR) is 165 cm³/mol. The Hall–Kier alpha value is -3.01. The molecule has 37 heavy (non-hydrogen) atoms. The molecule has 0 fully saturated rings. The first-order valence-corrected chi connectivity index (χ1v) is 14.9. The molecule has 6 rings (SSSR count). The molecule has 0 saturated carbocycles. The highest BCUT2D eigenvalue weighted by Crippen LogP contribution is 2.41. The Morgan fingerprint density at radius 2 is 1.65 bits per heavy atom. The number of aryl methyl sites for hydroxylation is 1. The van der Waals surface area contributed by atoms with Crippen molar-refractivity contribution in [3.8, 4) is 22.4 Å². The summed E-state index contributed by atoms with van der Waals surface area (Å²) in [5.41, 5.74) is 8.97. The van der Waals surface area contributed by atoms with Gasteiger partial charge in [0.2, 0.25) is 0 Å². The zero-order valence-corrected chi connectivity index (χ0v) is 24.1. The molecule has 0 aliphatic heterocycles. The molecule has 3 heteroatoms. The van der Waals surface area contributed by atoms with Gasteiger partial charge in [0.1, 0.15) is 4.83 Å². The van der Waals surface area contributed by atoms with Gasteiger partial charge in [0, 0.05) is 15.6 Å². The van der Waals surface area contributed by atoms with E-state index < -0.39 is 0 Å². The van der Waals surface area contributed by atoms with E-state index in [1.807, 2.05) is 11.3 Å². The van der Waals surface area contributed by atoms with E-state index >= 15 is 0 Å². The molecule has 186 valence electrons. The van der Waals surface area contributed by atoms with E-state index in [2.05, 4.69) is 113 Å². The van der Waals surface area contributed by atoms with Gasteiger partial charge in [-0.05, 0) is 104 Å². The number of nitrogens with zero attached hydrogens (tertiary/aromatic N) is 1. The Morgan fingerprint density at radius 3 is 2.43 bits per heavy atom. The molecule has 0 saturated heterocycles. The summed E-state index contributed by atoms with van der Waals surface area (Å²) in [6.07, 6.45) is 1.13. The van der Waals surface area contributed by atoms with Crippen molar-refractivity contribution in [3.05, 3.63) is 88.1 Å². The summed E-state index contributed by atoms with van der Waals surface area (Å²) in [5, 5.41) is 9.88. The minimum atomic E-state index is 0.0416. The highest BCUT2D eigenvalue weighted by Gasteiger charge is 2.20. The summed E-state index contributed by atoms with van der Waals surface area (Å²) in [5.74, 6) is 0.660. The summed E-state index contributed by atoms with van der Waals surface area (Å²) < 4.78 is 1.37. The largest absolute Gasteiger partial charge is 0.237 e. The summed E-state index contributed by atoms with van der Waals surface area (Å²) >= 11 is 3.62. The second kappa shape index (κ2) is 9.08. The van der Waals surface area contributed by atoms with Gasteiger partial charge < -0.3 is 0 Å². The molecular formula is C34H33NS2.